The fourth-order valence-electron chi connectivity index (χ4n) is 8.56. The van der Waals surface area contributed by atoms with Crippen LogP contribution in [0.3, 0.4) is 0 Å². The molecule has 0 radical (unpaired) electrons. The van der Waals surface area contributed by atoms with E-state index in [9.17, 15) is 0 Å². The van der Waals surface area contributed by atoms with Gasteiger partial charge in [-0.05, 0) is 154 Å². The standard InChI is InChI=1S/C60H64O6P2/c1-37(2)47-27-21-41(9)33-55(47)63-67(64-56-34-42(10)22-28-48(56)38(3)4)61-53-31-25-45-17-13-15-19-51(45)59(53)60-52-20-16-14-18-46(52)26-32-54(60)62-68(65-57-35-43(11)23-29-49(57)39(5)6)66-58-36-44(12)24-30-50(58)40(7)8/h13-40H,1-12H3. The van der Waals surface area contributed by atoms with Crippen molar-refractivity contribution in [2.24, 2.45) is 0 Å². The van der Waals surface area contributed by atoms with E-state index >= 15 is 0 Å². The summed E-state index contributed by atoms with van der Waals surface area (Å²) in [5.41, 5.74) is 10.3. The molecule has 0 heterocycles. The van der Waals surface area contributed by atoms with E-state index in [0.717, 1.165) is 100 Å². The van der Waals surface area contributed by atoms with Crippen LogP contribution >= 0.6 is 17.2 Å². The molecule has 8 heteroatoms. The van der Waals surface area contributed by atoms with Crippen LogP contribution in [-0.4, -0.2) is 0 Å². The fraction of sp³-hybridized carbons (Fsp3) is 0.267. The minimum atomic E-state index is -2.11. The first-order valence-corrected chi connectivity index (χ1v) is 26.0. The van der Waals surface area contributed by atoms with Crippen LogP contribution in [-0.2, 0) is 0 Å². The Morgan fingerprint density at radius 2 is 0.559 bits per heavy atom. The predicted octanol–water partition coefficient (Wildman–Crippen LogP) is 18.9. The van der Waals surface area contributed by atoms with Gasteiger partial charge in [0.15, 0.2) is 0 Å². The predicted molar refractivity (Wildman–Crippen MR) is 286 cm³/mol. The normalized spacial score (nSPS) is 11.7. The number of hydrogen-bond donors (Lipinski definition) is 0. The molecule has 8 aromatic rings. The van der Waals surface area contributed by atoms with Gasteiger partial charge in [0.25, 0.3) is 0 Å². The van der Waals surface area contributed by atoms with Gasteiger partial charge in [-0.3, -0.25) is 0 Å². The Hall–Kier alpha value is -6.06. The average Bonchev–Trinajstić information content (AvgIpc) is 3.29. The number of aryl methyl sites for hydroxylation is 4. The Labute approximate surface area is 406 Å². The van der Waals surface area contributed by atoms with Crippen LogP contribution in [0.5, 0.6) is 34.5 Å². The van der Waals surface area contributed by atoms with E-state index in [1.807, 2.05) is 12.1 Å². The Bertz CT molecular complexity index is 2740. The Balaban J connectivity index is 1.33. The van der Waals surface area contributed by atoms with E-state index in [4.69, 9.17) is 27.1 Å². The largest absolute Gasteiger partial charge is 0.530 e. The molecular formula is C60H64O6P2. The van der Waals surface area contributed by atoms with Crippen molar-refractivity contribution >= 4 is 38.7 Å². The highest BCUT2D eigenvalue weighted by Crippen LogP contribution is 2.55. The monoisotopic (exact) mass is 942 g/mol. The first-order chi connectivity index (χ1) is 32.6. The molecule has 0 saturated carbocycles. The molecular weight excluding hydrogens is 879 g/mol. The summed E-state index contributed by atoms with van der Waals surface area (Å²) in [5, 5.41) is 4.04. The number of hydrogen-bond acceptors (Lipinski definition) is 6. The molecule has 8 aromatic carbocycles. The maximum absolute atomic E-state index is 7.28. The smallest absolute Gasteiger partial charge is 0.408 e. The zero-order valence-electron chi connectivity index (χ0n) is 41.5. The lowest BCUT2D eigenvalue weighted by Gasteiger charge is -2.26. The van der Waals surface area contributed by atoms with E-state index in [0.29, 0.717) is 11.5 Å². The van der Waals surface area contributed by atoms with Crippen LogP contribution in [0.2, 0.25) is 0 Å². The number of rotatable bonds is 17. The summed E-state index contributed by atoms with van der Waals surface area (Å²) in [7, 11) is -4.21. The summed E-state index contributed by atoms with van der Waals surface area (Å²) in [5.74, 6) is 4.90. The van der Waals surface area contributed by atoms with Crippen LogP contribution in [0, 0.1) is 27.7 Å². The minimum absolute atomic E-state index is 0.200. The van der Waals surface area contributed by atoms with Gasteiger partial charge >= 0.3 is 17.2 Å². The second-order valence-corrected chi connectivity index (χ2v) is 21.1. The molecule has 0 aliphatic carbocycles. The van der Waals surface area contributed by atoms with Crippen molar-refractivity contribution in [3.05, 3.63) is 190 Å². The fourth-order valence-corrected chi connectivity index (χ4v) is 10.7. The van der Waals surface area contributed by atoms with Gasteiger partial charge in [0.2, 0.25) is 0 Å². The van der Waals surface area contributed by atoms with Crippen molar-refractivity contribution in [3.63, 3.8) is 0 Å². The van der Waals surface area contributed by atoms with Crippen molar-refractivity contribution in [2.75, 3.05) is 0 Å². The maximum Gasteiger partial charge on any atom is 0.530 e. The average molecular weight is 943 g/mol. The lowest BCUT2D eigenvalue weighted by atomic mass is 9.92. The van der Waals surface area contributed by atoms with Gasteiger partial charge in [0.1, 0.15) is 34.5 Å². The quantitative estimate of drug-likeness (QED) is 0.0848. The van der Waals surface area contributed by atoms with E-state index in [2.05, 4.69) is 217 Å². The Morgan fingerprint density at radius 1 is 0.294 bits per heavy atom. The molecule has 6 nitrogen and oxygen atoms in total. The van der Waals surface area contributed by atoms with Gasteiger partial charge in [-0.15, -0.1) is 0 Å². The van der Waals surface area contributed by atoms with Crippen molar-refractivity contribution in [3.8, 4) is 45.6 Å². The summed E-state index contributed by atoms with van der Waals surface area (Å²) < 4.78 is 42.6. The second kappa shape index (κ2) is 21.1. The van der Waals surface area contributed by atoms with E-state index < -0.39 is 17.2 Å². The van der Waals surface area contributed by atoms with E-state index in [-0.39, 0.29) is 23.7 Å². The van der Waals surface area contributed by atoms with Crippen molar-refractivity contribution in [1.82, 2.24) is 0 Å². The number of benzene rings is 8. The van der Waals surface area contributed by atoms with Crippen LogP contribution in [0.15, 0.2) is 146 Å². The zero-order valence-corrected chi connectivity index (χ0v) is 43.3. The zero-order chi connectivity index (χ0) is 48.2. The van der Waals surface area contributed by atoms with Crippen molar-refractivity contribution in [2.45, 2.75) is 107 Å². The van der Waals surface area contributed by atoms with Crippen LogP contribution < -0.4 is 27.1 Å². The maximum atomic E-state index is 7.28. The highest BCUT2D eigenvalue weighted by atomic mass is 31.2. The van der Waals surface area contributed by atoms with Gasteiger partial charge < -0.3 is 27.1 Å². The summed E-state index contributed by atoms with van der Waals surface area (Å²) in [4.78, 5) is 0. The van der Waals surface area contributed by atoms with E-state index in [1.54, 1.807) is 0 Å². The molecule has 0 saturated heterocycles. The molecule has 8 rings (SSSR count). The molecule has 0 N–H and O–H groups in total. The summed E-state index contributed by atoms with van der Waals surface area (Å²) in [6.07, 6.45) is 0. The third-order valence-corrected chi connectivity index (χ3v) is 14.3. The number of fused-ring (bicyclic) bond motifs is 2. The highest BCUT2D eigenvalue weighted by molar-refractivity contribution is 7.43. The third-order valence-electron chi connectivity index (χ3n) is 12.2. The molecule has 68 heavy (non-hydrogen) atoms. The molecule has 0 aliphatic rings. The molecule has 350 valence electrons. The molecule has 0 aromatic heterocycles. The molecule has 0 unspecified atom stereocenters. The van der Waals surface area contributed by atoms with Gasteiger partial charge in [-0.1, -0.05) is 165 Å². The van der Waals surface area contributed by atoms with Crippen molar-refractivity contribution in [1.29, 1.82) is 0 Å². The van der Waals surface area contributed by atoms with Gasteiger partial charge in [-0.25, -0.2) is 0 Å². The molecule has 0 atom stereocenters. The first-order valence-electron chi connectivity index (χ1n) is 23.8. The highest BCUT2D eigenvalue weighted by Gasteiger charge is 2.31. The van der Waals surface area contributed by atoms with Gasteiger partial charge in [0, 0.05) is 11.1 Å². The van der Waals surface area contributed by atoms with Crippen LogP contribution in [0.1, 0.15) is 124 Å². The third kappa shape index (κ3) is 10.9. The summed E-state index contributed by atoms with van der Waals surface area (Å²) in [6, 6.07) is 50.4. The molecule has 0 spiro atoms. The SMILES string of the molecule is Cc1ccc(C(C)C)c(OP(Oc2cc(C)ccc2C(C)C)Oc2ccc3ccccc3c2-c2c(OP(Oc3cc(C)ccc3C(C)C)Oc3cc(C)ccc3C(C)C)ccc3ccccc23)c1. The Kier molecular flexibility index (Phi) is 15.0. The van der Waals surface area contributed by atoms with Crippen LogP contribution in [0.25, 0.3) is 32.7 Å². The molecule has 0 fully saturated rings. The van der Waals surface area contributed by atoms with E-state index in [1.165, 1.54) is 0 Å². The summed E-state index contributed by atoms with van der Waals surface area (Å²) >= 11 is 0. The van der Waals surface area contributed by atoms with Crippen molar-refractivity contribution < 1.29 is 27.1 Å². The summed E-state index contributed by atoms with van der Waals surface area (Å²) in [6.45, 7) is 25.7. The lowest BCUT2D eigenvalue weighted by molar-refractivity contribution is 0.381. The minimum Gasteiger partial charge on any atom is -0.408 e. The first kappa shape index (κ1) is 48.4. The van der Waals surface area contributed by atoms with Crippen LogP contribution in [0.4, 0.5) is 0 Å². The molecule has 0 aliphatic heterocycles. The molecule has 0 amide bonds. The topological polar surface area (TPSA) is 55.4 Å². The Morgan fingerprint density at radius 3 is 0.838 bits per heavy atom. The second-order valence-electron chi connectivity index (χ2n) is 19.1. The lowest BCUT2D eigenvalue weighted by Crippen LogP contribution is -2.08. The van der Waals surface area contributed by atoms with Gasteiger partial charge in [0.05, 0.1) is 0 Å². The van der Waals surface area contributed by atoms with Gasteiger partial charge in [-0.2, -0.15) is 0 Å². The molecule has 0 bridgehead atoms.